The molecule has 14 heteroatoms. The number of amides is 2. The van der Waals surface area contributed by atoms with Crippen molar-refractivity contribution < 1.29 is 17.9 Å². The highest BCUT2D eigenvalue weighted by Gasteiger charge is 2.22. The van der Waals surface area contributed by atoms with Gasteiger partial charge in [-0.3, -0.25) is 4.72 Å². The number of aromatic nitrogens is 5. The molecule has 5 rings (SSSR count). The number of carbonyl (C=O) groups excluding carboxylic acids is 1. The Morgan fingerprint density at radius 3 is 2.10 bits per heavy atom. The van der Waals surface area contributed by atoms with Crippen LogP contribution in [0.25, 0.3) is 22.6 Å². The van der Waals surface area contributed by atoms with Crippen LogP contribution >= 0.6 is 0 Å². The molecule has 204 valence electrons. The number of hydrogen-bond donors (Lipinski definition) is 3. The van der Waals surface area contributed by atoms with Gasteiger partial charge in [0.05, 0.1) is 25.5 Å². The van der Waals surface area contributed by atoms with E-state index in [0.717, 1.165) is 17.6 Å². The highest BCUT2D eigenvalue weighted by atomic mass is 32.2. The predicted molar refractivity (Wildman–Crippen MR) is 150 cm³/mol. The molecule has 0 spiro atoms. The third-order valence-electron chi connectivity index (χ3n) is 5.95. The molecule has 1 saturated heterocycles. The van der Waals surface area contributed by atoms with E-state index in [1.807, 2.05) is 26.0 Å². The quantitative estimate of drug-likeness (QED) is 0.313. The van der Waals surface area contributed by atoms with Crippen LogP contribution in [0.4, 0.5) is 27.7 Å². The number of benzene rings is 2. The summed E-state index contributed by atoms with van der Waals surface area (Å²) in [4.78, 5) is 24.3. The van der Waals surface area contributed by atoms with E-state index < -0.39 is 16.1 Å². The highest BCUT2D eigenvalue weighted by molar-refractivity contribution is 7.92. The van der Waals surface area contributed by atoms with Crippen molar-refractivity contribution in [2.24, 2.45) is 0 Å². The smallest absolute Gasteiger partial charge is 0.323 e. The Hall–Kier alpha value is -4.30. The van der Waals surface area contributed by atoms with Gasteiger partial charge < -0.3 is 20.3 Å². The number of nitrogens with zero attached hydrogens (tertiary/aromatic N) is 6. The van der Waals surface area contributed by atoms with Gasteiger partial charge in [-0.1, -0.05) is 5.21 Å². The van der Waals surface area contributed by atoms with E-state index in [2.05, 4.69) is 30.6 Å². The second-order valence-corrected chi connectivity index (χ2v) is 11.1. The average molecular weight is 552 g/mol. The van der Waals surface area contributed by atoms with Gasteiger partial charge in [0.25, 0.3) is 0 Å². The summed E-state index contributed by atoms with van der Waals surface area (Å²) in [6, 6.07) is 13.2. The van der Waals surface area contributed by atoms with Crippen LogP contribution in [-0.2, 0) is 14.8 Å². The number of sulfonamides is 1. The number of anilines is 4. The van der Waals surface area contributed by atoms with E-state index in [4.69, 9.17) is 14.7 Å². The maximum Gasteiger partial charge on any atom is 0.323 e. The lowest BCUT2D eigenvalue weighted by atomic mass is 10.2. The summed E-state index contributed by atoms with van der Waals surface area (Å²) in [5.41, 5.74) is 3.59. The molecule has 4 aromatic rings. The van der Waals surface area contributed by atoms with Crippen LogP contribution in [0.3, 0.4) is 0 Å². The van der Waals surface area contributed by atoms with Crippen LogP contribution in [-0.4, -0.2) is 72.0 Å². The second kappa shape index (κ2) is 10.8. The molecule has 13 nitrogen and oxygen atoms in total. The minimum absolute atomic E-state index is 0.0764. The number of fused-ring (bicyclic) bond motifs is 1. The fourth-order valence-electron chi connectivity index (χ4n) is 4.12. The Balaban J connectivity index is 1.33. The topological polar surface area (TPSA) is 156 Å². The van der Waals surface area contributed by atoms with E-state index in [0.29, 0.717) is 60.4 Å². The van der Waals surface area contributed by atoms with E-state index in [1.165, 1.54) is 0 Å². The van der Waals surface area contributed by atoms with E-state index in [9.17, 15) is 13.2 Å². The molecule has 0 bridgehead atoms. The summed E-state index contributed by atoms with van der Waals surface area (Å²) >= 11 is 0. The zero-order chi connectivity index (χ0) is 27.6. The van der Waals surface area contributed by atoms with Crippen molar-refractivity contribution in [1.29, 1.82) is 0 Å². The molecule has 0 unspecified atom stereocenters. The zero-order valence-electron chi connectivity index (χ0n) is 21.7. The molecule has 0 radical (unpaired) electrons. The van der Waals surface area contributed by atoms with Gasteiger partial charge in [0.1, 0.15) is 0 Å². The Morgan fingerprint density at radius 2 is 1.51 bits per heavy atom. The van der Waals surface area contributed by atoms with Crippen molar-refractivity contribution in [1.82, 2.24) is 25.0 Å². The van der Waals surface area contributed by atoms with Gasteiger partial charge >= 0.3 is 6.03 Å². The van der Waals surface area contributed by atoms with E-state index in [-0.39, 0.29) is 6.04 Å². The first-order chi connectivity index (χ1) is 18.7. The summed E-state index contributed by atoms with van der Waals surface area (Å²) in [5, 5.41) is 14.2. The minimum atomic E-state index is -3.37. The van der Waals surface area contributed by atoms with Gasteiger partial charge in [-0.05, 0) is 62.4 Å². The van der Waals surface area contributed by atoms with E-state index in [1.54, 1.807) is 41.1 Å². The predicted octanol–water partition coefficient (Wildman–Crippen LogP) is 3.32. The number of ether oxygens (including phenoxy) is 1. The van der Waals surface area contributed by atoms with Crippen LogP contribution in [0.15, 0.2) is 48.5 Å². The number of rotatable bonds is 7. The Labute approximate surface area is 225 Å². The van der Waals surface area contributed by atoms with Crippen molar-refractivity contribution in [3.05, 3.63) is 48.5 Å². The van der Waals surface area contributed by atoms with Gasteiger partial charge in [-0.15, -0.1) is 5.10 Å². The van der Waals surface area contributed by atoms with Crippen molar-refractivity contribution >= 4 is 50.1 Å². The average Bonchev–Trinajstić information content (AvgIpc) is 3.34. The van der Waals surface area contributed by atoms with Crippen LogP contribution in [0.5, 0.6) is 0 Å². The summed E-state index contributed by atoms with van der Waals surface area (Å²) in [6.07, 6.45) is 1.07. The zero-order valence-corrected chi connectivity index (χ0v) is 22.6. The monoisotopic (exact) mass is 551 g/mol. The van der Waals surface area contributed by atoms with Crippen LogP contribution in [0.1, 0.15) is 19.9 Å². The molecule has 0 saturated carbocycles. The molecule has 1 aliphatic rings. The van der Waals surface area contributed by atoms with Gasteiger partial charge in [0.15, 0.2) is 22.8 Å². The van der Waals surface area contributed by atoms with Crippen molar-refractivity contribution in [3.8, 4) is 11.4 Å². The number of nitrogens with one attached hydrogen (secondary N) is 3. The largest absolute Gasteiger partial charge is 0.378 e. The van der Waals surface area contributed by atoms with Crippen molar-refractivity contribution in [3.63, 3.8) is 0 Å². The fourth-order valence-corrected chi connectivity index (χ4v) is 4.68. The third-order valence-corrected chi connectivity index (χ3v) is 6.56. The van der Waals surface area contributed by atoms with Gasteiger partial charge in [-0.25, -0.2) is 27.9 Å². The highest BCUT2D eigenvalue weighted by Crippen LogP contribution is 2.28. The molecule has 3 N–H and O–H groups in total. The first-order valence-electron chi connectivity index (χ1n) is 12.4. The van der Waals surface area contributed by atoms with Gasteiger partial charge in [0.2, 0.25) is 10.0 Å². The molecule has 1 aliphatic heterocycles. The maximum atomic E-state index is 12.5. The molecular weight excluding hydrogens is 522 g/mol. The van der Waals surface area contributed by atoms with Crippen LogP contribution < -0.4 is 20.3 Å². The summed E-state index contributed by atoms with van der Waals surface area (Å²) < 4.78 is 32.4. The van der Waals surface area contributed by atoms with Crippen LogP contribution in [0, 0.1) is 0 Å². The third kappa shape index (κ3) is 6.23. The Kier molecular flexibility index (Phi) is 7.30. The van der Waals surface area contributed by atoms with Crippen molar-refractivity contribution in [2.45, 2.75) is 19.9 Å². The first-order valence-corrected chi connectivity index (χ1v) is 14.3. The lowest BCUT2D eigenvalue weighted by molar-refractivity contribution is 0.122. The van der Waals surface area contributed by atoms with Crippen molar-refractivity contribution in [2.75, 3.05) is 52.8 Å². The number of hydrogen-bond acceptors (Lipinski definition) is 9. The molecule has 0 atom stereocenters. The normalized spacial score (nSPS) is 14.0. The molecule has 2 amide bonds. The maximum absolute atomic E-state index is 12.5. The number of urea groups is 1. The number of morpholine rings is 1. The molecule has 39 heavy (non-hydrogen) atoms. The van der Waals surface area contributed by atoms with Crippen LogP contribution in [0.2, 0.25) is 0 Å². The van der Waals surface area contributed by atoms with E-state index >= 15 is 0 Å². The summed E-state index contributed by atoms with van der Waals surface area (Å²) in [5.74, 6) is 1.26. The fraction of sp³-hybridized carbons (Fsp3) is 0.320. The molecule has 3 heterocycles. The second-order valence-electron chi connectivity index (χ2n) is 9.38. The lowest BCUT2D eigenvalue weighted by Gasteiger charge is -2.28. The Bertz CT molecular complexity index is 1580. The summed E-state index contributed by atoms with van der Waals surface area (Å²) in [6.45, 7) is 6.68. The van der Waals surface area contributed by atoms with Gasteiger partial charge in [-0.2, -0.15) is 0 Å². The molecular formula is C25H29N9O4S. The lowest BCUT2D eigenvalue weighted by Crippen LogP contribution is -2.37. The standard InChI is InChI=1S/C25H29N9O4S/c1-16(2)34-24-21(30-32-34)23(33-12-14-38-15-13-33)28-22(29-24)17-4-6-18(7-5-17)26-25(35)27-19-8-10-20(11-9-19)31-39(3,36)37/h4-11,16,31H,12-15H2,1-3H3,(H2,26,27,35). The number of carbonyl (C=O) groups is 1. The SMILES string of the molecule is CC(C)n1nnc2c(N3CCOCC3)nc(-c3ccc(NC(=O)Nc4ccc(NS(C)(=O)=O)cc4)cc3)nc21. The molecule has 0 aliphatic carbocycles. The minimum Gasteiger partial charge on any atom is -0.378 e. The molecule has 2 aromatic heterocycles. The summed E-state index contributed by atoms with van der Waals surface area (Å²) in [7, 11) is -3.37. The Morgan fingerprint density at radius 1 is 0.923 bits per heavy atom. The molecule has 2 aromatic carbocycles. The molecule has 1 fully saturated rings. The van der Waals surface area contributed by atoms with Gasteiger partial charge in [0, 0.05) is 35.7 Å². The first kappa shape index (κ1) is 26.3.